The number of para-hydroxylation sites is 2. The summed E-state index contributed by atoms with van der Waals surface area (Å²) in [6, 6.07) is 10.6. The fourth-order valence-corrected chi connectivity index (χ4v) is 11.8. The van der Waals surface area contributed by atoms with E-state index in [1.54, 1.807) is 59.4 Å². The third-order valence-electron chi connectivity index (χ3n) is 12.7. The van der Waals surface area contributed by atoms with Crippen LogP contribution in [0.1, 0.15) is 113 Å². The van der Waals surface area contributed by atoms with Crippen LogP contribution in [-0.2, 0) is 50.1 Å². The van der Waals surface area contributed by atoms with E-state index < -0.39 is 53.9 Å². The number of hydrogen-bond donors (Lipinski definition) is 0. The van der Waals surface area contributed by atoms with Crippen molar-refractivity contribution in [1.82, 2.24) is 49.5 Å². The minimum absolute atomic E-state index is 0.0451. The predicted molar refractivity (Wildman–Crippen MR) is 272 cm³/mol. The zero-order valence-corrected chi connectivity index (χ0v) is 45.7. The van der Waals surface area contributed by atoms with Crippen molar-refractivity contribution in [2.75, 3.05) is 42.7 Å². The van der Waals surface area contributed by atoms with Gasteiger partial charge in [-0.2, -0.15) is 0 Å². The Morgan fingerprint density at radius 2 is 0.878 bits per heavy atom. The zero-order chi connectivity index (χ0) is 53.5. The quantitative estimate of drug-likeness (QED) is 0.0725. The molecule has 400 valence electrons. The highest BCUT2D eigenvalue weighted by atomic mass is 35.5. The SMILES string of the molecule is COc1cccc(OC)c1-n1c(CS(=O)(=O)[C@@H](C)[C@H](OC)c2ncc(Cl)cn2)nnc1[C@@H]1CC[C@H](C)O1.COc1cccc(OC)c1-n1c(CS(=O)(=O)[C@@H](C)[C@H](OC)c2ncc(Cl)cn2)nnc1[C@H]1CC[C@@H](C)O1. The number of nitrogens with zero attached hydrogens (tertiary/aromatic N) is 10. The molecule has 0 unspecified atom stereocenters. The monoisotopic (exact) mass is 1100 g/mol. The number of hydrogen-bond acceptors (Lipinski definition) is 20. The van der Waals surface area contributed by atoms with Crippen LogP contribution in [0.5, 0.6) is 23.0 Å². The Morgan fingerprint density at radius 1 is 0.554 bits per heavy atom. The van der Waals surface area contributed by atoms with E-state index in [0.717, 1.165) is 25.7 Å². The van der Waals surface area contributed by atoms with Crippen molar-refractivity contribution in [3.8, 4) is 34.4 Å². The summed E-state index contributed by atoms with van der Waals surface area (Å²) in [5.74, 6) is 2.81. The molecule has 22 nitrogen and oxygen atoms in total. The summed E-state index contributed by atoms with van der Waals surface area (Å²) in [7, 11) is 1.23. The molecule has 74 heavy (non-hydrogen) atoms. The first-order valence-electron chi connectivity index (χ1n) is 23.5. The van der Waals surface area contributed by atoms with Gasteiger partial charge in [-0.1, -0.05) is 35.3 Å². The van der Waals surface area contributed by atoms with Crippen LogP contribution < -0.4 is 18.9 Å². The van der Waals surface area contributed by atoms with Gasteiger partial charge < -0.3 is 37.9 Å². The van der Waals surface area contributed by atoms with Crippen LogP contribution in [0.25, 0.3) is 11.4 Å². The maximum absolute atomic E-state index is 13.7. The summed E-state index contributed by atoms with van der Waals surface area (Å²) in [6.45, 7) is 7.07. The van der Waals surface area contributed by atoms with E-state index in [-0.39, 0.29) is 47.7 Å². The van der Waals surface area contributed by atoms with Crippen molar-refractivity contribution in [3.63, 3.8) is 0 Å². The summed E-state index contributed by atoms with van der Waals surface area (Å²) in [4.78, 5) is 16.6. The molecule has 0 spiro atoms. The Hall–Kier alpha value is -5.60. The van der Waals surface area contributed by atoms with Crippen LogP contribution in [0.3, 0.4) is 0 Å². The third-order valence-corrected chi connectivity index (χ3v) is 17.2. The third kappa shape index (κ3) is 12.2. The van der Waals surface area contributed by atoms with Crippen molar-refractivity contribution >= 4 is 42.9 Å². The first-order chi connectivity index (χ1) is 35.4. The molecule has 0 bridgehead atoms. The molecule has 0 radical (unpaired) electrons. The average Bonchev–Trinajstić information content (AvgIpc) is 4.22. The Balaban J connectivity index is 0.000000216. The second kappa shape index (κ2) is 24.4. The van der Waals surface area contributed by atoms with Crippen molar-refractivity contribution in [2.24, 2.45) is 0 Å². The fourth-order valence-electron chi connectivity index (χ4n) is 8.79. The summed E-state index contributed by atoms with van der Waals surface area (Å²) in [5, 5.41) is 16.0. The number of methoxy groups -OCH3 is 6. The van der Waals surface area contributed by atoms with E-state index in [1.165, 1.54) is 67.4 Å². The molecule has 6 heterocycles. The van der Waals surface area contributed by atoms with Crippen molar-refractivity contribution in [2.45, 2.75) is 112 Å². The van der Waals surface area contributed by atoms with E-state index in [1.807, 2.05) is 13.8 Å². The summed E-state index contributed by atoms with van der Waals surface area (Å²) in [5.41, 5.74) is 0.996. The molecule has 4 aromatic heterocycles. The van der Waals surface area contributed by atoms with Gasteiger partial charge in [-0.15, -0.1) is 20.4 Å². The maximum atomic E-state index is 13.7. The van der Waals surface area contributed by atoms with Gasteiger partial charge in [0.2, 0.25) is 0 Å². The standard InChI is InChI=1S/2C24H30ClN5O6S/c2*1-14-9-10-19(36-14)24-29-28-20(30(24)21-17(33-3)7-6-8-18(21)34-4)13-37(31,32)15(2)22(35-5)23-26-11-16(25)12-27-23/h2*6-8,11-12,14-15,19,22H,9-10,13H2,1-5H3/t14-,15+,19-,22+;14-,15-,19-,22-/m10/s1. The molecule has 8 rings (SSSR count). The molecule has 6 aromatic rings. The highest BCUT2D eigenvalue weighted by Crippen LogP contribution is 2.42. The minimum Gasteiger partial charge on any atom is -0.494 e. The molecule has 2 aromatic carbocycles. The Bertz CT molecular complexity index is 2830. The number of halogens is 2. The normalized spacial score (nSPS) is 19.5. The molecule has 26 heteroatoms. The lowest BCUT2D eigenvalue weighted by Crippen LogP contribution is -2.30. The van der Waals surface area contributed by atoms with Gasteiger partial charge in [0, 0.05) is 39.0 Å². The van der Waals surface area contributed by atoms with Crippen LogP contribution in [0.15, 0.2) is 61.2 Å². The first kappa shape index (κ1) is 56.1. The average molecular weight is 1100 g/mol. The molecule has 2 aliphatic rings. The van der Waals surface area contributed by atoms with Gasteiger partial charge in [0.1, 0.15) is 70.3 Å². The van der Waals surface area contributed by atoms with Crippen molar-refractivity contribution in [1.29, 1.82) is 0 Å². The van der Waals surface area contributed by atoms with Crippen molar-refractivity contribution in [3.05, 3.63) is 106 Å². The van der Waals surface area contributed by atoms with Gasteiger partial charge in [-0.05, 0) is 77.6 Å². The lowest BCUT2D eigenvalue weighted by Gasteiger charge is -2.22. The molecule has 0 aliphatic carbocycles. The predicted octanol–water partition coefficient (Wildman–Crippen LogP) is 7.32. The molecular formula is C48H60Cl2N10O12S2. The van der Waals surface area contributed by atoms with Gasteiger partial charge in [-0.3, -0.25) is 9.13 Å². The van der Waals surface area contributed by atoms with Crippen LogP contribution in [-0.4, -0.2) is 132 Å². The zero-order valence-electron chi connectivity index (χ0n) is 42.6. The van der Waals surface area contributed by atoms with E-state index in [4.69, 9.17) is 61.1 Å². The van der Waals surface area contributed by atoms with Crippen LogP contribution in [0, 0.1) is 0 Å². The molecule has 2 saturated heterocycles. The van der Waals surface area contributed by atoms with E-state index in [0.29, 0.717) is 56.1 Å². The molecule has 2 aliphatic heterocycles. The largest absolute Gasteiger partial charge is 0.494 e. The van der Waals surface area contributed by atoms with Gasteiger partial charge in [0.25, 0.3) is 0 Å². The number of ether oxygens (including phenoxy) is 8. The summed E-state index contributed by atoms with van der Waals surface area (Å²) >= 11 is 11.8. The topological polar surface area (TPSA) is 255 Å². The van der Waals surface area contributed by atoms with Gasteiger partial charge in [-0.25, -0.2) is 36.8 Å². The van der Waals surface area contributed by atoms with Crippen LogP contribution in [0.2, 0.25) is 10.0 Å². The molecule has 0 N–H and O–H groups in total. The van der Waals surface area contributed by atoms with E-state index >= 15 is 0 Å². The smallest absolute Gasteiger partial charge is 0.167 e. The second-order valence-electron chi connectivity index (χ2n) is 17.5. The molecule has 0 amide bonds. The molecular weight excluding hydrogens is 1040 g/mol. The maximum Gasteiger partial charge on any atom is 0.167 e. The number of rotatable bonds is 20. The van der Waals surface area contributed by atoms with Gasteiger partial charge in [0.05, 0.1) is 61.2 Å². The van der Waals surface area contributed by atoms with E-state index in [9.17, 15) is 16.8 Å². The lowest BCUT2D eigenvalue weighted by molar-refractivity contribution is 0.0489. The molecule has 8 atom stereocenters. The summed E-state index contributed by atoms with van der Waals surface area (Å²) in [6.07, 6.45) is 6.26. The van der Waals surface area contributed by atoms with Gasteiger partial charge >= 0.3 is 0 Å². The minimum atomic E-state index is -3.86. The molecule has 0 saturated carbocycles. The van der Waals surface area contributed by atoms with Gasteiger partial charge in [0.15, 0.2) is 54.6 Å². The second-order valence-corrected chi connectivity index (χ2v) is 23.1. The Labute approximate surface area is 440 Å². The number of benzene rings is 2. The fraction of sp³-hybridized carbons (Fsp3) is 0.500. The lowest BCUT2D eigenvalue weighted by atomic mass is 10.2. The number of sulfone groups is 2. The molecule has 2 fully saturated rings. The van der Waals surface area contributed by atoms with Crippen molar-refractivity contribution < 1.29 is 54.7 Å². The highest BCUT2D eigenvalue weighted by Gasteiger charge is 2.39. The van der Waals surface area contributed by atoms with E-state index in [2.05, 4.69) is 40.3 Å². The number of aromatic nitrogens is 10. The Morgan fingerprint density at radius 3 is 1.15 bits per heavy atom. The first-order valence-corrected chi connectivity index (χ1v) is 27.6. The van der Waals surface area contributed by atoms with Crippen LogP contribution >= 0.6 is 23.2 Å². The summed E-state index contributed by atoms with van der Waals surface area (Å²) < 4.78 is 104. The highest BCUT2D eigenvalue weighted by molar-refractivity contribution is 7.91. The Kier molecular flexibility index (Phi) is 18.5. The van der Waals surface area contributed by atoms with Crippen LogP contribution in [0.4, 0.5) is 0 Å².